The van der Waals surface area contributed by atoms with Crippen LogP contribution in [-0.2, 0) is 4.74 Å². The molecule has 0 amide bonds. The Hall–Kier alpha value is -2.29. The first-order valence-electron chi connectivity index (χ1n) is 5.10. The highest BCUT2D eigenvalue weighted by Crippen LogP contribution is 2.13. The van der Waals surface area contributed by atoms with Crippen molar-refractivity contribution < 1.29 is 9.53 Å². The average molecular weight is 232 g/mol. The number of fused-ring (bicyclic) bond motifs is 1. The van der Waals surface area contributed by atoms with Crippen molar-refractivity contribution in [2.75, 3.05) is 0 Å². The number of hydrogen-bond donors (Lipinski definition) is 0. The molecular formula is C11H12N4O2. The first-order valence-corrected chi connectivity index (χ1v) is 5.10. The summed E-state index contributed by atoms with van der Waals surface area (Å²) < 4.78 is 7.93. The minimum absolute atomic E-state index is 0.334. The number of hydrogen-bond acceptors (Lipinski definition) is 4. The Balaban J connectivity index is 2.46. The first kappa shape index (κ1) is 11.2. The number of imidazole rings is 1. The zero-order valence-electron chi connectivity index (χ0n) is 9.84. The molecule has 0 aliphatic heterocycles. The summed E-state index contributed by atoms with van der Waals surface area (Å²) in [5.74, 6) is 0. The van der Waals surface area contributed by atoms with Gasteiger partial charge in [-0.05, 0) is 20.8 Å². The summed E-state index contributed by atoms with van der Waals surface area (Å²) in [5, 5.41) is 8.91. The highest BCUT2D eigenvalue weighted by Gasteiger charge is 2.20. The van der Waals surface area contributed by atoms with Gasteiger partial charge in [-0.15, -0.1) is 0 Å². The van der Waals surface area contributed by atoms with Crippen molar-refractivity contribution in [3.05, 3.63) is 24.2 Å². The molecule has 2 aromatic rings. The molecule has 0 saturated carbocycles. The van der Waals surface area contributed by atoms with Crippen LogP contribution >= 0.6 is 0 Å². The van der Waals surface area contributed by atoms with E-state index in [1.54, 1.807) is 27.0 Å². The van der Waals surface area contributed by atoms with E-state index < -0.39 is 11.7 Å². The van der Waals surface area contributed by atoms with E-state index in [2.05, 4.69) is 4.98 Å². The number of nitriles is 1. The number of rotatable bonds is 0. The number of aromatic nitrogens is 3. The third-order valence-corrected chi connectivity index (χ3v) is 2.05. The van der Waals surface area contributed by atoms with E-state index in [1.807, 2.05) is 6.07 Å². The fraction of sp³-hybridized carbons (Fsp3) is 0.364. The SMILES string of the molecule is CC(C)(C)OC(=O)n1cc(C#N)c2nccn21. The van der Waals surface area contributed by atoms with Gasteiger partial charge in [0.05, 0.1) is 6.20 Å². The van der Waals surface area contributed by atoms with Gasteiger partial charge in [-0.1, -0.05) is 0 Å². The van der Waals surface area contributed by atoms with Crippen molar-refractivity contribution in [2.24, 2.45) is 0 Å². The van der Waals surface area contributed by atoms with Crippen molar-refractivity contribution in [1.82, 2.24) is 14.2 Å². The summed E-state index contributed by atoms with van der Waals surface area (Å²) in [6, 6.07) is 1.98. The van der Waals surface area contributed by atoms with E-state index in [-0.39, 0.29) is 0 Å². The van der Waals surface area contributed by atoms with Crippen LogP contribution in [0.5, 0.6) is 0 Å². The maximum absolute atomic E-state index is 11.9. The van der Waals surface area contributed by atoms with Gasteiger partial charge in [0.25, 0.3) is 0 Å². The van der Waals surface area contributed by atoms with E-state index in [0.717, 1.165) is 0 Å². The molecule has 0 N–H and O–H groups in total. The lowest BCUT2D eigenvalue weighted by atomic mass is 10.2. The van der Waals surface area contributed by atoms with E-state index in [4.69, 9.17) is 10.00 Å². The number of carbonyl (C=O) groups excluding carboxylic acids is 1. The highest BCUT2D eigenvalue weighted by molar-refractivity contribution is 5.73. The van der Waals surface area contributed by atoms with Gasteiger partial charge in [0.1, 0.15) is 17.2 Å². The van der Waals surface area contributed by atoms with Gasteiger partial charge in [0.2, 0.25) is 0 Å². The van der Waals surface area contributed by atoms with Gasteiger partial charge in [0, 0.05) is 12.4 Å². The third-order valence-electron chi connectivity index (χ3n) is 2.05. The summed E-state index contributed by atoms with van der Waals surface area (Å²) in [6.07, 6.45) is 4.00. The Bertz CT molecular complexity index is 609. The molecule has 0 atom stereocenters. The molecule has 0 unspecified atom stereocenters. The van der Waals surface area contributed by atoms with Gasteiger partial charge in [-0.25, -0.2) is 14.3 Å². The van der Waals surface area contributed by atoms with Crippen LogP contribution in [0.15, 0.2) is 18.6 Å². The quantitative estimate of drug-likeness (QED) is 0.694. The van der Waals surface area contributed by atoms with E-state index in [1.165, 1.54) is 21.6 Å². The van der Waals surface area contributed by atoms with Crippen molar-refractivity contribution >= 4 is 11.7 Å². The molecule has 0 fully saturated rings. The fourth-order valence-corrected chi connectivity index (χ4v) is 1.43. The lowest BCUT2D eigenvalue weighted by Gasteiger charge is -2.19. The topological polar surface area (TPSA) is 72.3 Å². The van der Waals surface area contributed by atoms with Gasteiger partial charge >= 0.3 is 6.09 Å². The van der Waals surface area contributed by atoms with Gasteiger partial charge < -0.3 is 4.74 Å². The van der Waals surface area contributed by atoms with Crippen LogP contribution in [-0.4, -0.2) is 25.9 Å². The predicted molar refractivity (Wildman–Crippen MR) is 59.5 cm³/mol. The Morgan fingerprint density at radius 2 is 2.24 bits per heavy atom. The second kappa shape index (κ2) is 3.63. The molecule has 2 aromatic heterocycles. The summed E-state index contributed by atoms with van der Waals surface area (Å²) in [7, 11) is 0. The normalized spacial score (nSPS) is 11.4. The smallest absolute Gasteiger partial charge is 0.433 e. The van der Waals surface area contributed by atoms with Crippen LogP contribution in [0.3, 0.4) is 0 Å². The molecule has 6 nitrogen and oxygen atoms in total. The number of nitrogens with zero attached hydrogens (tertiary/aromatic N) is 4. The molecule has 17 heavy (non-hydrogen) atoms. The average Bonchev–Trinajstić information content (AvgIpc) is 2.73. The minimum Gasteiger partial charge on any atom is -0.442 e. The summed E-state index contributed by atoms with van der Waals surface area (Å²) in [4.78, 5) is 15.9. The molecule has 0 aromatic carbocycles. The molecule has 0 aliphatic rings. The number of carbonyl (C=O) groups is 1. The molecule has 6 heteroatoms. The first-order chi connectivity index (χ1) is 7.92. The van der Waals surface area contributed by atoms with E-state index in [9.17, 15) is 4.79 Å². The van der Waals surface area contributed by atoms with Crippen LogP contribution < -0.4 is 0 Å². The van der Waals surface area contributed by atoms with Crippen molar-refractivity contribution in [1.29, 1.82) is 5.26 Å². The fourth-order valence-electron chi connectivity index (χ4n) is 1.43. The molecule has 0 spiro atoms. The lowest BCUT2D eigenvalue weighted by Crippen LogP contribution is -2.28. The summed E-state index contributed by atoms with van der Waals surface area (Å²) in [5.41, 5.74) is 0.195. The van der Waals surface area contributed by atoms with Crippen molar-refractivity contribution in [3.63, 3.8) is 0 Å². The maximum Gasteiger partial charge on any atom is 0.433 e. The van der Waals surface area contributed by atoms with Crippen molar-refractivity contribution in [2.45, 2.75) is 26.4 Å². The Morgan fingerprint density at radius 1 is 1.53 bits per heavy atom. The standard InChI is InChI=1S/C11H12N4O2/c1-11(2,3)17-10(16)15-7-8(6-12)9-13-4-5-14(9)15/h4-5,7H,1-3H3. The molecule has 2 heterocycles. The van der Waals surface area contributed by atoms with E-state index in [0.29, 0.717) is 11.2 Å². The minimum atomic E-state index is -0.582. The lowest BCUT2D eigenvalue weighted by molar-refractivity contribution is 0.0508. The molecule has 2 rings (SSSR count). The van der Waals surface area contributed by atoms with Crippen molar-refractivity contribution in [3.8, 4) is 6.07 Å². The Morgan fingerprint density at radius 3 is 2.82 bits per heavy atom. The highest BCUT2D eigenvalue weighted by atomic mass is 16.6. The van der Waals surface area contributed by atoms with Crippen LogP contribution in [0.25, 0.3) is 5.65 Å². The molecule has 0 radical (unpaired) electrons. The molecular weight excluding hydrogens is 220 g/mol. The predicted octanol–water partition coefficient (Wildman–Crippen LogP) is 1.79. The maximum atomic E-state index is 11.9. The van der Waals surface area contributed by atoms with Gasteiger partial charge in [-0.3, -0.25) is 0 Å². The second-order valence-electron chi connectivity index (χ2n) is 4.57. The summed E-state index contributed by atoms with van der Waals surface area (Å²) >= 11 is 0. The molecule has 0 aliphatic carbocycles. The Labute approximate surface area is 98.0 Å². The van der Waals surface area contributed by atoms with Crippen LogP contribution in [0.2, 0.25) is 0 Å². The third kappa shape index (κ3) is 1.99. The zero-order chi connectivity index (χ0) is 12.6. The van der Waals surface area contributed by atoms with E-state index >= 15 is 0 Å². The zero-order valence-corrected chi connectivity index (χ0v) is 9.84. The largest absolute Gasteiger partial charge is 0.442 e. The van der Waals surface area contributed by atoms with Crippen LogP contribution in [0.1, 0.15) is 26.3 Å². The monoisotopic (exact) mass is 232 g/mol. The molecule has 0 saturated heterocycles. The molecule has 0 bridgehead atoms. The summed E-state index contributed by atoms with van der Waals surface area (Å²) in [6.45, 7) is 5.35. The van der Waals surface area contributed by atoms with Gasteiger partial charge in [-0.2, -0.15) is 9.94 Å². The van der Waals surface area contributed by atoms with Crippen LogP contribution in [0.4, 0.5) is 4.79 Å². The Kier molecular flexibility index (Phi) is 2.39. The molecule has 88 valence electrons. The second-order valence-corrected chi connectivity index (χ2v) is 4.57. The number of ether oxygens (including phenoxy) is 1. The van der Waals surface area contributed by atoms with Crippen LogP contribution in [0, 0.1) is 11.3 Å². The van der Waals surface area contributed by atoms with Gasteiger partial charge in [0.15, 0.2) is 5.65 Å².